The number of hydrogen-bond acceptors (Lipinski definition) is 3. The van der Waals surface area contributed by atoms with E-state index in [4.69, 9.17) is 0 Å². The Hall–Kier alpha value is -2.64. The first-order chi connectivity index (χ1) is 12.8. The molecule has 0 aliphatic carbocycles. The minimum Gasteiger partial charge on any atom is -0.256 e. The zero-order chi connectivity index (χ0) is 19.4. The highest BCUT2D eigenvalue weighted by molar-refractivity contribution is 7.88. The molecular formula is C20H18F2N2O2S. The number of benzene rings is 2. The van der Waals surface area contributed by atoms with Gasteiger partial charge in [-0.25, -0.2) is 21.9 Å². The van der Waals surface area contributed by atoms with Crippen LogP contribution in [0, 0.1) is 18.6 Å². The summed E-state index contributed by atoms with van der Waals surface area (Å²) in [5.41, 5.74) is 3.39. The van der Waals surface area contributed by atoms with Gasteiger partial charge in [0.2, 0.25) is 10.0 Å². The predicted octanol–water partition coefficient (Wildman–Crippen LogP) is 3.95. The summed E-state index contributed by atoms with van der Waals surface area (Å²) in [5.74, 6) is -2.13. The molecule has 1 aromatic heterocycles. The van der Waals surface area contributed by atoms with E-state index >= 15 is 0 Å². The molecule has 0 aliphatic heterocycles. The van der Waals surface area contributed by atoms with Crippen LogP contribution in [-0.4, -0.2) is 13.4 Å². The van der Waals surface area contributed by atoms with Crippen molar-refractivity contribution in [2.45, 2.75) is 19.2 Å². The van der Waals surface area contributed by atoms with Gasteiger partial charge in [-0.05, 0) is 42.3 Å². The third kappa shape index (κ3) is 5.18. The molecule has 0 atom stereocenters. The lowest BCUT2D eigenvalue weighted by molar-refractivity contribution is 0.574. The molecular weight excluding hydrogens is 370 g/mol. The maximum atomic E-state index is 13.3. The van der Waals surface area contributed by atoms with E-state index in [1.54, 1.807) is 18.3 Å². The second-order valence-electron chi connectivity index (χ2n) is 6.24. The lowest BCUT2D eigenvalue weighted by atomic mass is 10.0. The first kappa shape index (κ1) is 19.1. The van der Waals surface area contributed by atoms with Gasteiger partial charge in [0.15, 0.2) is 0 Å². The smallest absolute Gasteiger partial charge is 0.216 e. The summed E-state index contributed by atoms with van der Waals surface area (Å²) in [5, 5.41) is 0. The Morgan fingerprint density at radius 2 is 1.74 bits per heavy atom. The highest BCUT2D eigenvalue weighted by atomic mass is 32.2. The zero-order valence-corrected chi connectivity index (χ0v) is 15.4. The van der Waals surface area contributed by atoms with Crippen molar-refractivity contribution in [2.24, 2.45) is 0 Å². The molecule has 3 aromatic rings. The van der Waals surface area contributed by atoms with Crippen LogP contribution < -0.4 is 4.72 Å². The summed E-state index contributed by atoms with van der Waals surface area (Å²) >= 11 is 0. The molecule has 4 nitrogen and oxygen atoms in total. The van der Waals surface area contributed by atoms with Crippen molar-refractivity contribution in [1.29, 1.82) is 0 Å². The maximum Gasteiger partial charge on any atom is 0.216 e. The largest absolute Gasteiger partial charge is 0.256 e. The number of hydrogen-bond donors (Lipinski definition) is 1. The first-order valence-corrected chi connectivity index (χ1v) is 9.91. The summed E-state index contributed by atoms with van der Waals surface area (Å²) in [6.07, 6.45) is 1.64. The number of rotatable bonds is 6. The molecule has 2 aromatic carbocycles. The lowest BCUT2D eigenvalue weighted by Gasteiger charge is -2.11. The van der Waals surface area contributed by atoms with Crippen molar-refractivity contribution in [3.63, 3.8) is 0 Å². The molecule has 0 bridgehead atoms. The molecule has 0 saturated carbocycles. The normalized spacial score (nSPS) is 11.5. The third-order valence-electron chi connectivity index (χ3n) is 3.94. The van der Waals surface area contributed by atoms with E-state index in [0.717, 1.165) is 23.3 Å². The van der Waals surface area contributed by atoms with Gasteiger partial charge >= 0.3 is 0 Å². The second kappa shape index (κ2) is 7.94. The number of nitrogens with one attached hydrogen (secondary N) is 1. The molecule has 27 heavy (non-hydrogen) atoms. The number of pyridine rings is 1. The van der Waals surface area contributed by atoms with Crippen molar-refractivity contribution in [3.8, 4) is 11.3 Å². The molecule has 0 amide bonds. The summed E-state index contributed by atoms with van der Waals surface area (Å²) < 4.78 is 53.6. The standard InChI is InChI=1S/C20H18F2N2O2S/c1-14-4-2-5-16(8-14)20-17(6-3-7-23-20)12-24-27(25,26)13-15-9-18(21)11-19(22)10-15/h2-11,24H,12-13H2,1H3. The Morgan fingerprint density at radius 3 is 2.44 bits per heavy atom. The average Bonchev–Trinajstić information content (AvgIpc) is 2.59. The number of aromatic nitrogens is 1. The summed E-state index contributed by atoms with van der Waals surface area (Å²) in [6, 6.07) is 14.0. The van der Waals surface area contributed by atoms with E-state index in [9.17, 15) is 17.2 Å². The molecule has 1 N–H and O–H groups in total. The van der Waals surface area contributed by atoms with Crippen molar-refractivity contribution < 1.29 is 17.2 Å². The Bertz CT molecular complexity index is 1050. The van der Waals surface area contributed by atoms with E-state index < -0.39 is 27.4 Å². The van der Waals surface area contributed by atoms with Crippen LogP contribution in [0.2, 0.25) is 0 Å². The number of halogens is 2. The van der Waals surface area contributed by atoms with Crippen LogP contribution in [0.5, 0.6) is 0 Å². The lowest BCUT2D eigenvalue weighted by Crippen LogP contribution is -2.25. The summed E-state index contributed by atoms with van der Waals surface area (Å²) in [4.78, 5) is 4.36. The minimum atomic E-state index is -3.78. The van der Waals surface area contributed by atoms with Crippen molar-refractivity contribution >= 4 is 10.0 Å². The fraction of sp³-hybridized carbons (Fsp3) is 0.150. The number of nitrogens with zero attached hydrogens (tertiary/aromatic N) is 1. The predicted molar refractivity (Wildman–Crippen MR) is 100 cm³/mol. The highest BCUT2D eigenvalue weighted by Gasteiger charge is 2.15. The topological polar surface area (TPSA) is 59.1 Å². The summed E-state index contributed by atoms with van der Waals surface area (Å²) in [6.45, 7) is 1.99. The third-order valence-corrected chi connectivity index (χ3v) is 5.24. The SMILES string of the molecule is Cc1cccc(-c2ncccc2CNS(=O)(=O)Cc2cc(F)cc(F)c2)c1. The molecule has 0 fully saturated rings. The fourth-order valence-corrected chi connectivity index (χ4v) is 3.87. The summed E-state index contributed by atoms with van der Waals surface area (Å²) in [7, 11) is -3.78. The minimum absolute atomic E-state index is 0.0250. The van der Waals surface area contributed by atoms with E-state index in [2.05, 4.69) is 9.71 Å². The van der Waals surface area contributed by atoms with Crippen LogP contribution >= 0.6 is 0 Å². The van der Waals surface area contributed by atoms with Gasteiger partial charge in [-0.15, -0.1) is 0 Å². The number of sulfonamides is 1. The molecule has 0 aliphatic rings. The molecule has 0 spiro atoms. The van der Waals surface area contributed by atoms with Crippen LogP contribution in [0.1, 0.15) is 16.7 Å². The van der Waals surface area contributed by atoms with Gasteiger partial charge in [0.25, 0.3) is 0 Å². The molecule has 3 rings (SSSR count). The van der Waals surface area contributed by atoms with Crippen molar-refractivity contribution in [2.75, 3.05) is 0 Å². The average molecular weight is 388 g/mol. The fourth-order valence-electron chi connectivity index (χ4n) is 2.79. The molecule has 0 unspecified atom stereocenters. The van der Waals surface area contributed by atoms with Crippen LogP contribution in [0.15, 0.2) is 60.8 Å². The highest BCUT2D eigenvalue weighted by Crippen LogP contribution is 2.22. The van der Waals surface area contributed by atoms with Gasteiger partial charge in [0.1, 0.15) is 11.6 Å². The van der Waals surface area contributed by atoms with Crippen molar-refractivity contribution in [1.82, 2.24) is 9.71 Å². The quantitative estimate of drug-likeness (QED) is 0.696. The Morgan fingerprint density at radius 1 is 1.00 bits per heavy atom. The van der Waals surface area contributed by atoms with Crippen LogP contribution in [0.3, 0.4) is 0 Å². The Kier molecular flexibility index (Phi) is 5.62. The van der Waals surface area contributed by atoms with Gasteiger partial charge in [-0.1, -0.05) is 29.8 Å². The molecule has 0 saturated heterocycles. The Balaban J connectivity index is 1.78. The Labute approximate surface area is 157 Å². The monoisotopic (exact) mass is 388 g/mol. The van der Waals surface area contributed by atoms with Crippen LogP contribution in [0.4, 0.5) is 8.78 Å². The second-order valence-corrected chi connectivity index (χ2v) is 8.05. The van der Waals surface area contributed by atoms with Gasteiger partial charge < -0.3 is 0 Å². The molecule has 1 heterocycles. The van der Waals surface area contributed by atoms with E-state index in [1.165, 1.54) is 0 Å². The van der Waals surface area contributed by atoms with Gasteiger partial charge in [0, 0.05) is 24.4 Å². The number of aryl methyl sites for hydroxylation is 1. The van der Waals surface area contributed by atoms with Gasteiger partial charge in [-0.2, -0.15) is 0 Å². The van der Waals surface area contributed by atoms with Crippen LogP contribution in [0.25, 0.3) is 11.3 Å². The first-order valence-electron chi connectivity index (χ1n) is 8.26. The van der Waals surface area contributed by atoms with E-state index in [1.807, 2.05) is 31.2 Å². The zero-order valence-electron chi connectivity index (χ0n) is 14.6. The van der Waals surface area contributed by atoms with Crippen LogP contribution in [-0.2, 0) is 22.3 Å². The van der Waals surface area contributed by atoms with E-state index in [-0.39, 0.29) is 12.1 Å². The molecule has 140 valence electrons. The molecule has 0 radical (unpaired) electrons. The van der Waals surface area contributed by atoms with Gasteiger partial charge in [0.05, 0.1) is 11.4 Å². The van der Waals surface area contributed by atoms with Crippen molar-refractivity contribution in [3.05, 3.63) is 89.1 Å². The van der Waals surface area contributed by atoms with Gasteiger partial charge in [-0.3, -0.25) is 4.98 Å². The molecule has 7 heteroatoms. The maximum absolute atomic E-state index is 13.3. The van der Waals surface area contributed by atoms with E-state index in [0.29, 0.717) is 17.3 Å².